The van der Waals surface area contributed by atoms with Crippen molar-refractivity contribution in [3.05, 3.63) is 34.9 Å². The maximum Gasteiger partial charge on any atom is 0.417 e. The lowest BCUT2D eigenvalue weighted by Gasteiger charge is -2.23. The summed E-state index contributed by atoms with van der Waals surface area (Å²) in [6.45, 7) is 5.70. The van der Waals surface area contributed by atoms with E-state index in [2.05, 4.69) is 0 Å². The zero-order chi connectivity index (χ0) is 14.9. The molecule has 0 saturated carbocycles. The number of imide groups is 1. The fourth-order valence-electron chi connectivity index (χ4n) is 2.16. The number of carbonyl (C=O) groups is 2. The van der Waals surface area contributed by atoms with Gasteiger partial charge in [-0.15, -0.1) is 0 Å². The zero-order valence-electron chi connectivity index (χ0n) is 11.9. The average molecular weight is 296 g/mol. The SMILES string of the molecule is CC(C)(C)OC(=O)N1C[C@H](c2ccc(Cl)cc2)CC1=O. The molecule has 0 aliphatic carbocycles. The van der Waals surface area contributed by atoms with Crippen LogP contribution in [0.3, 0.4) is 0 Å². The number of benzene rings is 1. The number of ether oxygens (including phenoxy) is 1. The Morgan fingerprint density at radius 3 is 2.45 bits per heavy atom. The number of nitrogens with zero attached hydrogens (tertiary/aromatic N) is 1. The molecule has 0 N–H and O–H groups in total. The van der Waals surface area contributed by atoms with Gasteiger partial charge in [-0.05, 0) is 38.5 Å². The molecule has 0 radical (unpaired) electrons. The van der Waals surface area contributed by atoms with Crippen molar-refractivity contribution >= 4 is 23.6 Å². The normalized spacial score (nSPS) is 19.3. The Balaban J connectivity index is 2.07. The number of carbonyl (C=O) groups excluding carboxylic acids is 2. The van der Waals surface area contributed by atoms with E-state index >= 15 is 0 Å². The first kappa shape index (κ1) is 14.9. The van der Waals surface area contributed by atoms with Crippen molar-refractivity contribution in [2.24, 2.45) is 0 Å². The van der Waals surface area contributed by atoms with Crippen LogP contribution in [0.25, 0.3) is 0 Å². The Morgan fingerprint density at radius 1 is 1.30 bits per heavy atom. The molecule has 5 heteroatoms. The summed E-state index contributed by atoms with van der Waals surface area (Å²) >= 11 is 5.85. The van der Waals surface area contributed by atoms with Gasteiger partial charge < -0.3 is 4.74 Å². The first-order chi connectivity index (χ1) is 9.26. The summed E-state index contributed by atoms with van der Waals surface area (Å²) in [4.78, 5) is 25.1. The molecule has 4 nitrogen and oxygen atoms in total. The molecule has 20 heavy (non-hydrogen) atoms. The summed E-state index contributed by atoms with van der Waals surface area (Å²) in [6.07, 6.45) is -0.250. The second-order valence-electron chi connectivity index (χ2n) is 5.94. The highest BCUT2D eigenvalue weighted by atomic mass is 35.5. The Bertz CT molecular complexity index is 519. The smallest absolute Gasteiger partial charge is 0.417 e. The van der Waals surface area contributed by atoms with Gasteiger partial charge in [0.15, 0.2) is 0 Å². The maximum atomic E-state index is 12.0. The van der Waals surface area contributed by atoms with Gasteiger partial charge in [-0.25, -0.2) is 9.69 Å². The van der Waals surface area contributed by atoms with E-state index in [-0.39, 0.29) is 11.8 Å². The molecule has 1 heterocycles. The molecule has 1 atom stereocenters. The van der Waals surface area contributed by atoms with Crippen LogP contribution in [-0.2, 0) is 9.53 Å². The zero-order valence-corrected chi connectivity index (χ0v) is 12.6. The number of halogens is 1. The standard InChI is InChI=1S/C15H18ClNO3/c1-15(2,3)20-14(19)17-9-11(8-13(17)18)10-4-6-12(16)7-5-10/h4-7,11H,8-9H2,1-3H3/t11-/m1/s1. The third-order valence-electron chi connectivity index (χ3n) is 3.08. The molecule has 2 rings (SSSR count). The van der Waals surface area contributed by atoms with Crippen LogP contribution < -0.4 is 0 Å². The van der Waals surface area contributed by atoms with Crippen molar-refractivity contribution in [2.75, 3.05) is 6.54 Å². The van der Waals surface area contributed by atoms with Crippen molar-refractivity contribution in [2.45, 2.75) is 38.7 Å². The molecule has 108 valence electrons. The summed E-state index contributed by atoms with van der Waals surface area (Å²) in [5.41, 5.74) is 0.407. The summed E-state index contributed by atoms with van der Waals surface area (Å²) in [5, 5.41) is 0.655. The summed E-state index contributed by atoms with van der Waals surface area (Å²) < 4.78 is 5.24. The molecular weight excluding hydrogens is 278 g/mol. The molecule has 1 saturated heterocycles. The van der Waals surface area contributed by atoms with Gasteiger partial charge in [0.1, 0.15) is 5.60 Å². The van der Waals surface area contributed by atoms with Crippen LogP contribution in [0.4, 0.5) is 4.79 Å². The van der Waals surface area contributed by atoms with Crippen LogP contribution in [0.2, 0.25) is 5.02 Å². The topological polar surface area (TPSA) is 46.6 Å². The molecule has 2 amide bonds. The predicted octanol–water partition coefficient (Wildman–Crippen LogP) is 3.59. The average Bonchev–Trinajstić information content (AvgIpc) is 2.70. The van der Waals surface area contributed by atoms with Gasteiger partial charge in [-0.1, -0.05) is 23.7 Å². The second kappa shape index (κ2) is 5.44. The fourth-order valence-corrected chi connectivity index (χ4v) is 2.29. The molecule has 0 aromatic heterocycles. The molecular formula is C15H18ClNO3. The van der Waals surface area contributed by atoms with Gasteiger partial charge in [0.05, 0.1) is 0 Å². The van der Waals surface area contributed by atoms with Crippen LogP contribution in [0.1, 0.15) is 38.7 Å². The molecule has 1 aliphatic rings. The minimum atomic E-state index is -0.601. The Labute approximate surface area is 123 Å². The van der Waals surface area contributed by atoms with E-state index in [1.165, 1.54) is 4.90 Å². The van der Waals surface area contributed by atoms with Crippen LogP contribution >= 0.6 is 11.6 Å². The van der Waals surface area contributed by atoms with Gasteiger partial charge in [0.2, 0.25) is 5.91 Å². The lowest BCUT2D eigenvalue weighted by Crippen LogP contribution is -2.37. The maximum absolute atomic E-state index is 12.0. The minimum Gasteiger partial charge on any atom is -0.443 e. The van der Waals surface area contributed by atoms with Gasteiger partial charge >= 0.3 is 6.09 Å². The third-order valence-corrected chi connectivity index (χ3v) is 3.33. The van der Waals surface area contributed by atoms with Crippen molar-refractivity contribution in [1.82, 2.24) is 4.90 Å². The quantitative estimate of drug-likeness (QED) is 0.795. The van der Waals surface area contributed by atoms with Crippen LogP contribution in [-0.4, -0.2) is 29.0 Å². The second-order valence-corrected chi connectivity index (χ2v) is 6.37. The van der Waals surface area contributed by atoms with Gasteiger partial charge in [-0.3, -0.25) is 4.79 Å². The number of rotatable bonds is 1. The monoisotopic (exact) mass is 295 g/mol. The molecule has 1 fully saturated rings. The van der Waals surface area contributed by atoms with Crippen LogP contribution in [0.5, 0.6) is 0 Å². The first-order valence-corrected chi connectivity index (χ1v) is 6.93. The van der Waals surface area contributed by atoms with E-state index in [4.69, 9.17) is 16.3 Å². The van der Waals surface area contributed by atoms with Crippen LogP contribution in [0.15, 0.2) is 24.3 Å². The van der Waals surface area contributed by atoms with E-state index in [1.807, 2.05) is 12.1 Å². The van der Waals surface area contributed by atoms with E-state index in [9.17, 15) is 9.59 Å². The van der Waals surface area contributed by atoms with Gasteiger partial charge in [0, 0.05) is 23.9 Å². The minimum absolute atomic E-state index is 0.00675. The van der Waals surface area contributed by atoms with Crippen molar-refractivity contribution in [3.63, 3.8) is 0 Å². The van der Waals surface area contributed by atoms with Gasteiger partial charge in [-0.2, -0.15) is 0 Å². The lowest BCUT2D eigenvalue weighted by molar-refractivity contribution is -0.126. The highest BCUT2D eigenvalue weighted by molar-refractivity contribution is 6.30. The van der Waals surface area contributed by atoms with E-state index in [0.29, 0.717) is 18.0 Å². The number of amides is 2. The molecule has 0 bridgehead atoms. The Hall–Kier alpha value is -1.55. The fraction of sp³-hybridized carbons (Fsp3) is 0.467. The third kappa shape index (κ3) is 3.51. The highest BCUT2D eigenvalue weighted by Crippen LogP contribution is 2.29. The van der Waals surface area contributed by atoms with Crippen molar-refractivity contribution in [1.29, 1.82) is 0 Å². The van der Waals surface area contributed by atoms with Gasteiger partial charge in [0.25, 0.3) is 0 Å². The van der Waals surface area contributed by atoms with E-state index < -0.39 is 11.7 Å². The number of hydrogen-bond acceptors (Lipinski definition) is 3. The highest BCUT2D eigenvalue weighted by Gasteiger charge is 2.36. The van der Waals surface area contributed by atoms with Crippen molar-refractivity contribution < 1.29 is 14.3 Å². The molecule has 0 unspecified atom stereocenters. The van der Waals surface area contributed by atoms with E-state index in [1.54, 1.807) is 32.9 Å². The Morgan fingerprint density at radius 2 is 1.90 bits per heavy atom. The Kier molecular flexibility index (Phi) is 4.04. The predicted molar refractivity (Wildman–Crippen MR) is 76.8 cm³/mol. The summed E-state index contributed by atoms with van der Waals surface area (Å²) in [6, 6.07) is 7.35. The first-order valence-electron chi connectivity index (χ1n) is 6.55. The molecule has 1 aromatic carbocycles. The molecule has 0 spiro atoms. The van der Waals surface area contributed by atoms with Crippen LogP contribution in [0, 0.1) is 0 Å². The summed E-state index contributed by atoms with van der Waals surface area (Å²) in [7, 11) is 0. The summed E-state index contributed by atoms with van der Waals surface area (Å²) in [5.74, 6) is -0.188. The number of hydrogen-bond donors (Lipinski definition) is 0. The largest absolute Gasteiger partial charge is 0.443 e. The molecule has 1 aliphatic heterocycles. The lowest BCUT2D eigenvalue weighted by atomic mass is 9.98. The van der Waals surface area contributed by atoms with Crippen molar-refractivity contribution in [3.8, 4) is 0 Å². The van der Waals surface area contributed by atoms with E-state index in [0.717, 1.165) is 5.56 Å². The molecule has 1 aromatic rings. The number of likely N-dealkylation sites (tertiary alicyclic amines) is 1.